The summed E-state index contributed by atoms with van der Waals surface area (Å²) in [4.78, 5) is 21.7. The molecule has 0 heterocycles. The van der Waals surface area contributed by atoms with E-state index in [1.165, 1.54) is 0 Å². The first-order valence-corrected chi connectivity index (χ1v) is 4.79. The molecule has 0 aromatic heterocycles. The Kier molecular flexibility index (Phi) is 4.60. The maximum Gasteiger partial charge on any atom is 0.310 e. The third-order valence-electron chi connectivity index (χ3n) is 2.42. The standard InChI is InChI=1S/C10H18O4/c1-4-10(9(13)14,5-7(2)3)6-8(11)12/h7H,4-6H2,1-3H3,(H,11,12)(H,13,14). The van der Waals surface area contributed by atoms with E-state index in [1.807, 2.05) is 13.8 Å². The minimum atomic E-state index is -1.10. The predicted octanol–water partition coefficient (Wildman–Crippen LogP) is 1.99. The zero-order chi connectivity index (χ0) is 11.4. The normalized spacial score (nSPS) is 15.1. The lowest BCUT2D eigenvalue weighted by molar-refractivity contribution is -0.157. The summed E-state index contributed by atoms with van der Waals surface area (Å²) in [7, 11) is 0. The Hall–Kier alpha value is -1.06. The predicted molar refractivity (Wildman–Crippen MR) is 52.1 cm³/mol. The summed E-state index contributed by atoms with van der Waals surface area (Å²) in [6, 6.07) is 0. The molecule has 2 N–H and O–H groups in total. The summed E-state index contributed by atoms with van der Waals surface area (Å²) in [5.41, 5.74) is -1.10. The van der Waals surface area contributed by atoms with Crippen LogP contribution in [0.1, 0.15) is 40.0 Å². The maximum atomic E-state index is 11.1. The van der Waals surface area contributed by atoms with E-state index in [1.54, 1.807) is 6.92 Å². The van der Waals surface area contributed by atoms with Gasteiger partial charge in [0.05, 0.1) is 11.8 Å². The largest absolute Gasteiger partial charge is 0.481 e. The fourth-order valence-electron chi connectivity index (χ4n) is 1.73. The first-order chi connectivity index (χ1) is 6.34. The van der Waals surface area contributed by atoms with Crippen LogP contribution in [0.15, 0.2) is 0 Å². The van der Waals surface area contributed by atoms with Gasteiger partial charge in [-0.15, -0.1) is 0 Å². The highest BCUT2D eigenvalue weighted by Crippen LogP contribution is 2.34. The lowest BCUT2D eigenvalue weighted by atomic mass is 9.75. The molecule has 0 aliphatic rings. The van der Waals surface area contributed by atoms with Crippen molar-refractivity contribution in [2.24, 2.45) is 11.3 Å². The van der Waals surface area contributed by atoms with Gasteiger partial charge < -0.3 is 10.2 Å². The van der Waals surface area contributed by atoms with Gasteiger partial charge in [-0.3, -0.25) is 9.59 Å². The van der Waals surface area contributed by atoms with Crippen LogP contribution < -0.4 is 0 Å². The average Bonchev–Trinajstić information content (AvgIpc) is 2.00. The smallest absolute Gasteiger partial charge is 0.310 e. The Balaban J connectivity index is 4.78. The summed E-state index contributed by atoms with van der Waals surface area (Å²) >= 11 is 0. The van der Waals surface area contributed by atoms with E-state index in [2.05, 4.69) is 0 Å². The highest BCUT2D eigenvalue weighted by atomic mass is 16.4. The summed E-state index contributed by atoms with van der Waals surface area (Å²) in [5, 5.41) is 17.7. The lowest BCUT2D eigenvalue weighted by Gasteiger charge is -2.28. The van der Waals surface area contributed by atoms with Crippen LogP contribution in [0.25, 0.3) is 0 Å². The molecular weight excluding hydrogens is 184 g/mol. The van der Waals surface area contributed by atoms with E-state index < -0.39 is 17.4 Å². The zero-order valence-electron chi connectivity index (χ0n) is 8.91. The molecule has 0 rings (SSSR count). The van der Waals surface area contributed by atoms with Crippen molar-refractivity contribution in [3.8, 4) is 0 Å². The van der Waals surface area contributed by atoms with Gasteiger partial charge in [-0.25, -0.2) is 0 Å². The van der Waals surface area contributed by atoms with Gasteiger partial charge in [0.25, 0.3) is 0 Å². The van der Waals surface area contributed by atoms with Crippen LogP contribution in [0.2, 0.25) is 0 Å². The van der Waals surface area contributed by atoms with Crippen LogP contribution >= 0.6 is 0 Å². The Bertz CT molecular complexity index is 222. The Morgan fingerprint density at radius 1 is 1.29 bits per heavy atom. The van der Waals surface area contributed by atoms with Crippen LogP contribution in [-0.4, -0.2) is 22.2 Å². The zero-order valence-corrected chi connectivity index (χ0v) is 8.91. The number of carbonyl (C=O) groups is 2. The van der Waals surface area contributed by atoms with Crippen molar-refractivity contribution >= 4 is 11.9 Å². The number of carboxylic acid groups (broad SMARTS) is 2. The van der Waals surface area contributed by atoms with Crippen molar-refractivity contribution in [2.45, 2.75) is 40.0 Å². The first kappa shape index (κ1) is 12.9. The van der Waals surface area contributed by atoms with Gasteiger partial charge in [-0.2, -0.15) is 0 Å². The Morgan fingerprint density at radius 3 is 2.00 bits per heavy atom. The van der Waals surface area contributed by atoms with E-state index in [4.69, 9.17) is 10.2 Å². The lowest BCUT2D eigenvalue weighted by Crippen LogP contribution is -2.34. The van der Waals surface area contributed by atoms with E-state index in [9.17, 15) is 9.59 Å². The van der Waals surface area contributed by atoms with Gasteiger partial charge >= 0.3 is 11.9 Å². The molecule has 0 aliphatic carbocycles. The summed E-state index contributed by atoms with van der Waals surface area (Å²) in [5.74, 6) is -1.86. The maximum absolute atomic E-state index is 11.1. The summed E-state index contributed by atoms with van der Waals surface area (Å²) < 4.78 is 0. The highest BCUT2D eigenvalue weighted by molar-refractivity contribution is 5.81. The van der Waals surface area contributed by atoms with Crippen molar-refractivity contribution < 1.29 is 19.8 Å². The number of carboxylic acids is 2. The molecular formula is C10H18O4. The monoisotopic (exact) mass is 202 g/mol. The minimum absolute atomic E-state index is 0.186. The van der Waals surface area contributed by atoms with Crippen LogP contribution in [0.5, 0.6) is 0 Å². The van der Waals surface area contributed by atoms with Crippen molar-refractivity contribution in [1.82, 2.24) is 0 Å². The van der Waals surface area contributed by atoms with Crippen LogP contribution in [0.4, 0.5) is 0 Å². The number of hydrogen-bond donors (Lipinski definition) is 2. The second-order valence-corrected chi connectivity index (χ2v) is 4.11. The van der Waals surface area contributed by atoms with Gasteiger partial charge in [-0.1, -0.05) is 20.8 Å². The summed E-state index contributed by atoms with van der Waals surface area (Å²) in [6.07, 6.45) is 0.467. The minimum Gasteiger partial charge on any atom is -0.481 e. The molecule has 0 radical (unpaired) electrons. The first-order valence-electron chi connectivity index (χ1n) is 4.79. The van der Waals surface area contributed by atoms with Gasteiger partial charge in [0.15, 0.2) is 0 Å². The Labute approximate surface area is 83.9 Å². The van der Waals surface area contributed by atoms with Crippen molar-refractivity contribution in [2.75, 3.05) is 0 Å². The molecule has 4 heteroatoms. The van der Waals surface area contributed by atoms with E-state index in [-0.39, 0.29) is 12.3 Å². The molecule has 0 saturated heterocycles. The molecule has 0 spiro atoms. The van der Waals surface area contributed by atoms with Crippen LogP contribution in [0, 0.1) is 11.3 Å². The fourth-order valence-corrected chi connectivity index (χ4v) is 1.73. The van der Waals surface area contributed by atoms with E-state index in [0.29, 0.717) is 12.8 Å². The molecule has 0 aliphatic heterocycles. The molecule has 14 heavy (non-hydrogen) atoms. The van der Waals surface area contributed by atoms with Gasteiger partial charge in [0, 0.05) is 0 Å². The topological polar surface area (TPSA) is 74.6 Å². The molecule has 0 fully saturated rings. The molecule has 0 amide bonds. The van der Waals surface area contributed by atoms with E-state index >= 15 is 0 Å². The molecule has 1 unspecified atom stereocenters. The quantitative estimate of drug-likeness (QED) is 0.690. The van der Waals surface area contributed by atoms with Crippen molar-refractivity contribution in [1.29, 1.82) is 0 Å². The van der Waals surface area contributed by atoms with Crippen molar-refractivity contribution in [3.63, 3.8) is 0 Å². The second-order valence-electron chi connectivity index (χ2n) is 4.11. The second kappa shape index (κ2) is 4.98. The highest BCUT2D eigenvalue weighted by Gasteiger charge is 2.39. The van der Waals surface area contributed by atoms with Crippen LogP contribution in [0.3, 0.4) is 0 Å². The Morgan fingerprint density at radius 2 is 1.79 bits per heavy atom. The molecule has 0 saturated carbocycles. The third-order valence-corrected chi connectivity index (χ3v) is 2.42. The van der Waals surface area contributed by atoms with Gasteiger partial charge in [0.1, 0.15) is 0 Å². The molecule has 0 aromatic carbocycles. The number of hydrogen-bond acceptors (Lipinski definition) is 2. The third kappa shape index (κ3) is 3.36. The van der Waals surface area contributed by atoms with Gasteiger partial charge in [0.2, 0.25) is 0 Å². The average molecular weight is 202 g/mol. The molecule has 1 atom stereocenters. The van der Waals surface area contributed by atoms with Gasteiger partial charge in [-0.05, 0) is 18.8 Å². The van der Waals surface area contributed by atoms with E-state index in [0.717, 1.165) is 0 Å². The molecule has 0 aromatic rings. The number of rotatable bonds is 6. The molecule has 0 bridgehead atoms. The molecule has 82 valence electrons. The van der Waals surface area contributed by atoms with Crippen molar-refractivity contribution in [3.05, 3.63) is 0 Å². The number of aliphatic carboxylic acids is 2. The SMILES string of the molecule is CCC(CC(=O)O)(CC(C)C)C(=O)O. The van der Waals surface area contributed by atoms with Crippen LogP contribution in [-0.2, 0) is 9.59 Å². The molecule has 4 nitrogen and oxygen atoms in total. The summed E-state index contributed by atoms with van der Waals surface area (Å²) in [6.45, 7) is 5.52. The fraction of sp³-hybridized carbons (Fsp3) is 0.800.